The van der Waals surface area contributed by atoms with E-state index < -0.39 is 5.66 Å². The van der Waals surface area contributed by atoms with Crippen LogP contribution >= 0.6 is 11.6 Å². The van der Waals surface area contributed by atoms with E-state index in [1.807, 2.05) is 61.5 Å². The maximum Gasteiger partial charge on any atom is 0.163 e. The van der Waals surface area contributed by atoms with Gasteiger partial charge in [0.2, 0.25) is 0 Å². The molecule has 0 spiro atoms. The van der Waals surface area contributed by atoms with Crippen LogP contribution in [-0.2, 0) is 12.3 Å². The highest BCUT2D eigenvalue weighted by atomic mass is 35.5. The minimum Gasteiger partial charge on any atom is -0.494 e. The number of nitrogen functional groups attached to an aromatic ring is 1. The Morgan fingerprint density at radius 3 is 2.73 bits per heavy atom. The molecular formula is C23H23ClN4O2. The number of fused-ring (bicyclic) bond motifs is 1. The van der Waals surface area contributed by atoms with Crippen LogP contribution in [0.3, 0.4) is 0 Å². The second-order valence-electron chi connectivity index (χ2n) is 6.99. The number of hydrogen-bond donors (Lipinski definition) is 3. The largest absolute Gasteiger partial charge is 0.494 e. The number of nitrogens with zero attached hydrogens (tertiary/aromatic N) is 1. The SMILES string of the molecule is CCOc1cccc(COc2ccc(C3(N)N=CNc4ccc(N)cc43)cc2Cl)c1. The van der Waals surface area contributed by atoms with Gasteiger partial charge in [0.05, 0.1) is 18.0 Å². The lowest BCUT2D eigenvalue weighted by Crippen LogP contribution is -2.39. The van der Waals surface area contributed by atoms with Gasteiger partial charge in [0.25, 0.3) is 0 Å². The second-order valence-corrected chi connectivity index (χ2v) is 7.40. The number of ether oxygens (including phenoxy) is 2. The molecule has 6 nitrogen and oxygen atoms in total. The van der Waals surface area contributed by atoms with Gasteiger partial charge in [-0.1, -0.05) is 29.8 Å². The maximum atomic E-state index is 6.68. The molecule has 0 radical (unpaired) electrons. The average molecular weight is 423 g/mol. The highest BCUT2D eigenvalue weighted by Gasteiger charge is 2.34. The van der Waals surface area contributed by atoms with E-state index >= 15 is 0 Å². The Balaban J connectivity index is 1.57. The van der Waals surface area contributed by atoms with Gasteiger partial charge in [0, 0.05) is 22.5 Å². The summed E-state index contributed by atoms with van der Waals surface area (Å²) in [5.41, 5.74) is 15.5. The number of nitrogens with one attached hydrogen (secondary N) is 1. The number of benzene rings is 3. The fourth-order valence-corrected chi connectivity index (χ4v) is 3.65. The van der Waals surface area contributed by atoms with Crippen LogP contribution in [0.15, 0.2) is 65.7 Å². The highest BCUT2D eigenvalue weighted by molar-refractivity contribution is 6.32. The maximum absolute atomic E-state index is 6.68. The van der Waals surface area contributed by atoms with Crippen molar-refractivity contribution in [3.63, 3.8) is 0 Å². The minimum atomic E-state index is -1.09. The van der Waals surface area contributed by atoms with Crippen molar-refractivity contribution in [2.45, 2.75) is 19.2 Å². The van der Waals surface area contributed by atoms with Crippen LogP contribution < -0.4 is 26.3 Å². The number of halogens is 1. The first kappa shape index (κ1) is 20.1. The third-order valence-corrected chi connectivity index (χ3v) is 5.21. The molecule has 0 bridgehead atoms. The quantitative estimate of drug-likeness (QED) is 0.508. The first-order chi connectivity index (χ1) is 14.5. The summed E-state index contributed by atoms with van der Waals surface area (Å²) in [6.07, 6.45) is 1.59. The first-order valence-corrected chi connectivity index (χ1v) is 10.0. The van der Waals surface area contributed by atoms with E-state index in [0.717, 1.165) is 28.1 Å². The number of anilines is 2. The Bertz CT molecular complexity index is 1100. The summed E-state index contributed by atoms with van der Waals surface area (Å²) in [7, 11) is 0. The fourth-order valence-electron chi connectivity index (χ4n) is 3.41. The zero-order valence-corrected chi connectivity index (χ0v) is 17.3. The van der Waals surface area contributed by atoms with Crippen LogP contribution in [0.1, 0.15) is 23.6 Å². The van der Waals surface area contributed by atoms with Gasteiger partial charge < -0.3 is 20.5 Å². The van der Waals surface area contributed by atoms with Crippen LogP contribution in [0.4, 0.5) is 11.4 Å². The molecule has 30 heavy (non-hydrogen) atoms. The zero-order chi connectivity index (χ0) is 21.1. The lowest BCUT2D eigenvalue weighted by molar-refractivity contribution is 0.303. The van der Waals surface area contributed by atoms with Crippen molar-refractivity contribution in [1.29, 1.82) is 0 Å². The molecule has 0 aliphatic carbocycles. The number of nitrogens with two attached hydrogens (primary N) is 2. The molecule has 4 rings (SSSR count). The van der Waals surface area contributed by atoms with Gasteiger partial charge in [-0.05, 0) is 55.0 Å². The molecule has 3 aromatic carbocycles. The molecule has 0 aromatic heterocycles. The van der Waals surface area contributed by atoms with E-state index in [0.29, 0.717) is 29.7 Å². The molecule has 0 amide bonds. The summed E-state index contributed by atoms with van der Waals surface area (Å²) in [6.45, 7) is 2.94. The van der Waals surface area contributed by atoms with Crippen LogP contribution in [0.5, 0.6) is 11.5 Å². The number of aliphatic imine (C=N–C) groups is 1. The molecule has 1 heterocycles. The fraction of sp³-hybridized carbons (Fsp3) is 0.174. The number of rotatable bonds is 6. The monoisotopic (exact) mass is 422 g/mol. The third kappa shape index (κ3) is 3.92. The molecule has 154 valence electrons. The second kappa shape index (κ2) is 8.26. The van der Waals surface area contributed by atoms with Gasteiger partial charge in [-0.2, -0.15) is 0 Å². The zero-order valence-electron chi connectivity index (χ0n) is 16.6. The molecule has 1 unspecified atom stereocenters. The molecule has 1 atom stereocenters. The topological polar surface area (TPSA) is 94.9 Å². The lowest BCUT2D eigenvalue weighted by atomic mass is 9.90. The lowest BCUT2D eigenvalue weighted by Gasteiger charge is -2.31. The van der Waals surface area contributed by atoms with E-state index in [-0.39, 0.29) is 0 Å². The molecule has 7 heteroatoms. The summed E-state index contributed by atoms with van der Waals surface area (Å²) in [5, 5.41) is 3.55. The van der Waals surface area contributed by atoms with E-state index in [1.54, 1.807) is 12.4 Å². The Hall–Kier alpha value is -3.22. The number of hydrogen-bond acceptors (Lipinski definition) is 6. The molecule has 5 N–H and O–H groups in total. The summed E-state index contributed by atoms with van der Waals surface area (Å²) >= 11 is 6.52. The van der Waals surface area contributed by atoms with E-state index in [4.69, 9.17) is 32.5 Å². The van der Waals surface area contributed by atoms with Gasteiger partial charge in [0.1, 0.15) is 18.1 Å². The first-order valence-electron chi connectivity index (χ1n) is 9.63. The molecular weight excluding hydrogens is 400 g/mol. The van der Waals surface area contributed by atoms with Crippen LogP contribution in [0.25, 0.3) is 0 Å². The van der Waals surface area contributed by atoms with Crippen molar-refractivity contribution in [1.82, 2.24) is 0 Å². The Morgan fingerprint density at radius 2 is 1.93 bits per heavy atom. The van der Waals surface area contributed by atoms with Gasteiger partial charge >= 0.3 is 0 Å². The van der Waals surface area contributed by atoms with Gasteiger partial charge in [-0.25, -0.2) is 4.99 Å². The molecule has 1 aliphatic heterocycles. The van der Waals surface area contributed by atoms with Crippen molar-refractivity contribution >= 4 is 29.3 Å². The molecule has 1 aliphatic rings. The van der Waals surface area contributed by atoms with Gasteiger partial charge in [-0.3, -0.25) is 5.73 Å². The molecule has 0 fully saturated rings. The van der Waals surface area contributed by atoms with Crippen molar-refractivity contribution < 1.29 is 9.47 Å². The normalized spacial score (nSPS) is 17.2. The summed E-state index contributed by atoms with van der Waals surface area (Å²) in [6, 6.07) is 18.8. The molecule has 0 saturated carbocycles. The van der Waals surface area contributed by atoms with E-state index in [9.17, 15) is 0 Å². The van der Waals surface area contributed by atoms with Crippen molar-refractivity contribution in [2.24, 2.45) is 10.7 Å². The molecule has 3 aromatic rings. The molecule has 0 saturated heterocycles. The minimum absolute atomic E-state index is 0.370. The Labute approximate surface area is 180 Å². The predicted octanol–water partition coefficient (Wildman–Crippen LogP) is 4.51. The average Bonchev–Trinajstić information content (AvgIpc) is 2.74. The smallest absolute Gasteiger partial charge is 0.163 e. The van der Waals surface area contributed by atoms with Crippen LogP contribution in [-0.4, -0.2) is 12.9 Å². The third-order valence-electron chi connectivity index (χ3n) is 4.92. The van der Waals surface area contributed by atoms with Crippen LogP contribution in [0, 0.1) is 0 Å². The summed E-state index contributed by atoms with van der Waals surface area (Å²) in [4.78, 5) is 4.48. The van der Waals surface area contributed by atoms with E-state index in [1.165, 1.54) is 0 Å². The van der Waals surface area contributed by atoms with Crippen molar-refractivity contribution in [2.75, 3.05) is 17.7 Å². The summed E-state index contributed by atoms with van der Waals surface area (Å²) in [5.74, 6) is 1.38. The van der Waals surface area contributed by atoms with Crippen molar-refractivity contribution in [3.05, 3.63) is 82.4 Å². The standard InChI is InChI=1S/C23H23ClN4O2/c1-2-29-18-5-3-4-15(10-18)13-30-22-9-6-16(11-20(22)24)23(26)19-12-17(25)7-8-21(19)27-14-28-23/h3-12,14H,2,13,25-26H2,1H3,(H,27,28). The van der Waals surface area contributed by atoms with Gasteiger partial charge in [-0.15, -0.1) is 0 Å². The Kier molecular flexibility index (Phi) is 5.53. The van der Waals surface area contributed by atoms with Gasteiger partial charge in [0.15, 0.2) is 5.66 Å². The summed E-state index contributed by atoms with van der Waals surface area (Å²) < 4.78 is 11.5. The highest BCUT2D eigenvalue weighted by Crippen LogP contribution is 2.39. The van der Waals surface area contributed by atoms with Crippen LogP contribution in [0.2, 0.25) is 5.02 Å². The van der Waals surface area contributed by atoms with E-state index in [2.05, 4.69) is 10.3 Å². The Morgan fingerprint density at radius 1 is 1.07 bits per heavy atom. The van der Waals surface area contributed by atoms with Crippen molar-refractivity contribution in [3.8, 4) is 11.5 Å². The predicted molar refractivity (Wildman–Crippen MR) is 121 cm³/mol.